The second kappa shape index (κ2) is 10.7. The summed E-state index contributed by atoms with van der Waals surface area (Å²) in [6, 6.07) is 11.0. The molecule has 0 aromatic heterocycles. The van der Waals surface area contributed by atoms with Crippen LogP contribution in [0.3, 0.4) is 0 Å². The molecule has 0 aliphatic rings. The van der Waals surface area contributed by atoms with Crippen LogP contribution in [0.15, 0.2) is 36.4 Å². The Bertz CT molecular complexity index is 766. The van der Waals surface area contributed by atoms with Crippen LogP contribution in [0.25, 0.3) is 0 Å². The van der Waals surface area contributed by atoms with Gasteiger partial charge in [0.2, 0.25) is 5.91 Å². The molecule has 2 aromatic rings. The van der Waals surface area contributed by atoms with E-state index < -0.39 is 0 Å². The van der Waals surface area contributed by atoms with E-state index in [1.807, 2.05) is 25.1 Å². The summed E-state index contributed by atoms with van der Waals surface area (Å²) in [5.41, 5.74) is 1.83. The fraction of sp³-hybridized carbons (Fsp3) is 0.350. The van der Waals surface area contributed by atoms with Gasteiger partial charge in [-0.3, -0.25) is 4.79 Å². The molecule has 0 bridgehead atoms. The largest absolute Gasteiger partial charge is 0.493 e. The SMILES string of the molecule is CC[C@H](NC(=O)CSCc1c(Cl)cccc1Cl)c1ccc(OC)c(OC)c1. The maximum absolute atomic E-state index is 12.4. The zero-order valence-corrected chi connectivity index (χ0v) is 17.9. The van der Waals surface area contributed by atoms with Crippen LogP contribution in [0.4, 0.5) is 0 Å². The molecule has 27 heavy (non-hydrogen) atoms. The molecule has 0 aliphatic carbocycles. The molecule has 0 saturated carbocycles. The van der Waals surface area contributed by atoms with Crippen molar-refractivity contribution < 1.29 is 14.3 Å². The van der Waals surface area contributed by atoms with E-state index in [0.717, 1.165) is 17.5 Å². The van der Waals surface area contributed by atoms with Gasteiger partial charge in [-0.25, -0.2) is 0 Å². The number of ether oxygens (including phenoxy) is 2. The maximum Gasteiger partial charge on any atom is 0.230 e. The maximum atomic E-state index is 12.4. The molecule has 4 nitrogen and oxygen atoms in total. The van der Waals surface area contributed by atoms with Crippen LogP contribution in [-0.2, 0) is 10.5 Å². The molecular formula is C20H23Cl2NO3S. The Kier molecular flexibility index (Phi) is 8.61. The van der Waals surface area contributed by atoms with Crippen molar-refractivity contribution in [2.24, 2.45) is 0 Å². The van der Waals surface area contributed by atoms with Crippen LogP contribution < -0.4 is 14.8 Å². The highest BCUT2D eigenvalue weighted by molar-refractivity contribution is 7.99. The van der Waals surface area contributed by atoms with Crippen LogP contribution in [0, 0.1) is 0 Å². The van der Waals surface area contributed by atoms with Crippen molar-refractivity contribution in [1.82, 2.24) is 5.32 Å². The highest BCUT2D eigenvalue weighted by atomic mass is 35.5. The Morgan fingerprint density at radius 1 is 1.11 bits per heavy atom. The molecule has 0 fully saturated rings. The lowest BCUT2D eigenvalue weighted by Gasteiger charge is -2.19. The summed E-state index contributed by atoms with van der Waals surface area (Å²) in [5, 5.41) is 4.30. The van der Waals surface area contributed by atoms with Crippen LogP contribution in [-0.4, -0.2) is 25.9 Å². The number of rotatable bonds is 9. The molecule has 1 N–H and O–H groups in total. The van der Waals surface area contributed by atoms with Gasteiger partial charge in [0.05, 0.1) is 26.0 Å². The minimum absolute atomic E-state index is 0.0372. The summed E-state index contributed by atoms with van der Waals surface area (Å²) < 4.78 is 10.6. The number of hydrogen-bond donors (Lipinski definition) is 1. The van der Waals surface area contributed by atoms with Crippen molar-refractivity contribution in [3.63, 3.8) is 0 Å². The predicted octanol–water partition coefficient (Wildman–Crippen LogP) is 5.51. The number of carbonyl (C=O) groups is 1. The molecule has 1 atom stereocenters. The molecule has 0 unspecified atom stereocenters. The van der Waals surface area contributed by atoms with Crippen LogP contribution in [0.1, 0.15) is 30.5 Å². The Morgan fingerprint density at radius 2 is 1.78 bits per heavy atom. The monoisotopic (exact) mass is 427 g/mol. The summed E-state index contributed by atoms with van der Waals surface area (Å²) in [5.74, 6) is 2.18. The van der Waals surface area contributed by atoms with E-state index in [1.165, 1.54) is 11.8 Å². The topological polar surface area (TPSA) is 47.6 Å². The van der Waals surface area contributed by atoms with Gasteiger partial charge in [-0.2, -0.15) is 0 Å². The lowest BCUT2D eigenvalue weighted by atomic mass is 10.0. The average molecular weight is 428 g/mol. The molecule has 2 rings (SSSR count). The minimum atomic E-state index is -0.0955. The van der Waals surface area contributed by atoms with Crippen molar-refractivity contribution in [2.75, 3.05) is 20.0 Å². The molecule has 1 amide bonds. The van der Waals surface area contributed by atoms with Gasteiger partial charge in [0, 0.05) is 15.8 Å². The molecule has 0 aliphatic heterocycles. The van der Waals surface area contributed by atoms with Gasteiger partial charge in [0.15, 0.2) is 11.5 Å². The van der Waals surface area contributed by atoms with E-state index in [-0.39, 0.29) is 11.9 Å². The molecule has 146 valence electrons. The lowest BCUT2D eigenvalue weighted by Crippen LogP contribution is -2.29. The number of amides is 1. The Labute approximate surface area is 174 Å². The fourth-order valence-electron chi connectivity index (χ4n) is 2.64. The Balaban J connectivity index is 1.95. The van der Waals surface area contributed by atoms with Crippen molar-refractivity contribution in [2.45, 2.75) is 25.1 Å². The van der Waals surface area contributed by atoms with E-state index in [4.69, 9.17) is 32.7 Å². The first kappa shape index (κ1) is 21.7. The van der Waals surface area contributed by atoms with Gasteiger partial charge in [0.25, 0.3) is 0 Å². The van der Waals surface area contributed by atoms with Crippen LogP contribution in [0.2, 0.25) is 10.0 Å². The number of methoxy groups -OCH3 is 2. The van der Waals surface area contributed by atoms with Gasteiger partial charge < -0.3 is 14.8 Å². The van der Waals surface area contributed by atoms with E-state index in [2.05, 4.69) is 5.32 Å². The second-order valence-corrected chi connectivity index (χ2v) is 7.64. The second-order valence-electron chi connectivity index (χ2n) is 5.84. The summed E-state index contributed by atoms with van der Waals surface area (Å²) in [7, 11) is 3.19. The van der Waals surface area contributed by atoms with Crippen molar-refractivity contribution in [3.8, 4) is 11.5 Å². The minimum Gasteiger partial charge on any atom is -0.493 e. The summed E-state index contributed by atoms with van der Waals surface area (Å²) in [6.07, 6.45) is 0.766. The number of nitrogens with one attached hydrogen (secondary N) is 1. The van der Waals surface area contributed by atoms with Crippen LogP contribution >= 0.6 is 35.0 Å². The van der Waals surface area contributed by atoms with E-state index in [0.29, 0.717) is 33.0 Å². The molecule has 2 aromatic carbocycles. The highest BCUT2D eigenvalue weighted by Gasteiger charge is 2.16. The molecular weight excluding hydrogens is 405 g/mol. The van der Waals surface area contributed by atoms with Gasteiger partial charge in [0.1, 0.15) is 0 Å². The summed E-state index contributed by atoms with van der Waals surface area (Å²) in [6.45, 7) is 2.03. The Hall–Kier alpha value is -1.56. The third-order valence-electron chi connectivity index (χ3n) is 4.09. The number of carbonyl (C=O) groups excluding carboxylic acids is 1. The number of halogens is 2. The average Bonchev–Trinajstić information content (AvgIpc) is 2.67. The smallest absolute Gasteiger partial charge is 0.230 e. The third kappa shape index (κ3) is 5.96. The first-order valence-electron chi connectivity index (χ1n) is 8.52. The van der Waals surface area contributed by atoms with Gasteiger partial charge in [-0.05, 0) is 41.8 Å². The molecule has 0 heterocycles. The van der Waals surface area contributed by atoms with Crippen molar-refractivity contribution in [3.05, 3.63) is 57.6 Å². The van der Waals surface area contributed by atoms with Gasteiger partial charge >= 0.3 is 0 Å². The van der Waals surface area contributed by atoms with E-state index in [1.54, 1.807) is 32.4 Å². The van der Waals surface area contributed by atoms with Crippen molar-refractivity contribution >= 4 is 40.9 Å². The van der Waals surface area contributed by atoms with Crippen molar-refractivity contribution in [1.29, 1.82) is 0 Å². The fourth-order valence-corrected chi connectivity index (χ4v) is 4.22. The summed E-state index contributed by atoms with van der Waals surface area (Å²) in [4.78, 5) is 12.4. The third-order valence-corrected chi connectivity index (χ3v) is 5.76. The number of hydrogen-bond acceptors (Lipinski definition) is 4. The van der Waals surface area contributed by atoms with Gasteiger partial charge in [-0.15, -0.1) is 11.8 Å². The zero-order valence-electron chi connectivity index (χ0n) is 15.6. The standard InChI is InChI=1S/C20H23Cl2NO3S/c1-4-17(13-8-9-18(25-2)19(10-13)26-3)23-20(24)12-27-11-14-15(21)6-5-7-16(14)22/h5-10,17H,4,11-12H2,1-3H3,(H,23,24)/t17-/m0/s1. The Morgan fingerprint density at radius 3 is 2.37 bits per heavy atom. The molecule has 0 spiro atoms. The van der Waals surface area contributed by atoms with E-state index >= 15 is 0 Å². The van der Waals surface area contributed by atoms with E-state index in [9.17, 15) is 4.79 Å². The normalized spacial score (nSPS) is 11.7. The predicted molar refractivity (Wildman–Crippen MR) is 113 cm³/mol. The van der Waals surface area contributed by atoms with Gasteiger partial charge in [-0.1, -0.05) is 42.3 Å². The highest BCUT2D eigenvalue weighted by Crippen LogP contribution is 2.31. The molecule has 7 heteroatoms. The molecule has 0 radical (unpaired) electrons. The quantitative estimate of drug-likeness (QED) is 0.572. The first-order chi connectivity index (χ1) is 13.0. The lowest BCUT2D eigenvalue weighted by molar-refractivity contribution is -0.119. The zero-order chi connectivity index (χ0) is 19.8. The molecule has 0 saturated heterocycles. The number of benzene rings is 2. The number of thioether (sulfide) groups is 1. The first-order valence-corrected chi connectivity index (χ1v) is 10.4. The summed E-state index contributed by atoms with van der Waals surface area (Å²) >= 11 is 13.8. The van der Waals surface area contributed by atoms with Crippen LogP contribution in [0.5, 0.6) is 11.5 Å².